The highest BCUT2D eigenvalue weighted by Gasteiger charge is 2.41. The highest BCUT2D eigenvalue weighted by molar-refractivity contribution is 5.78. The highest BCUT2D eigenvalue weighted by Crippen LogP contribution is 2.32. The number of aliphatic carboxylic acids is 1. The maximum atomic E-state index is 11.3. The van der Waals surface area contributed by atoms with Crippen molar-refractivity contribution in [3.05, 3.63) is 0 Å². The average molecular weight is 254 g/mol. The monoisotopic (exact) mass is 254 g/mol. The molecule has 1 saturated heterocycles. The van der Waals surface area contributed by atoms with Gasteiger partial charge in [0.2, 0.25) is 0 Å². The number of hydrogen-bond acceptors (Lipinski definition) is 3. The molecule has 1 aliphatic carbocycles. The molecule has 0 aromatic rings. The molecule has 104 valence electrons. The largest absolute Gasteiger partial charge is 0.480 e. The second-order valence-corrected chi connectivity index (χ2v) is 6.10. The summed E-state index contributed by atoms with van der Waals surface area (Å²) in [6.07, 6.45) is 7.11. The van der Waals surface area contributed by atoms with E-state index in [1.54, 1.807) is 0 Å². The van der Waals surface area contributed by atoms with Crippen LogP contribution in [-0.2, 0) is 4.79 Å². The van der Waals surface area contributed by atoms with Crippen molar-refractivity contribution in [2.75, 3.05) is 13.1 Å². The molecular weight excluding hydrogens is 228 g/mol. The van der Waals surface area contributed by atoms with Crippen molar-refractivity contribution in [3.63, 3.8) is 0 Å². The van der Waals surface area contributed by atoms with Gasteiger partial charge >= 0.3 is 5.97 Å². The smallest absolute Gasteiger partial charge is 0.323 e. The molecule has 2 unspecified atom stereocenters. The van der Waals surface area contributed by atoms with E-state index < -0.39 is 11.5 Å². The summed E-state index contributed by atoms with van der Waals surface area (Å²) in [6.45, 7) is 4.51. The van der Waals surface area contributed by atoms with Crippen molar-refractivity contribution in [1.29, 1.82) is 0 Å². The number of carbonyl (C=O) groups is 1. The summed E-state index contributed by atoms with van der Waals surface area (Å²) >= 11 is 0. The molecule has 4 nitrogen and oxygen atoms in total. The van der Waals surface area contributed by atoms with Crippen molar-refractivity contribution in [1.82, 2.24) is 4.90 Å². The fourth-order valence-corrected chi connectivity index (χ4v) is 3.51. The molecular formula is C14H26N2O2. The van der Waals surface area contributed by atoms with Gasteiger partial charge < -0.3 is 15.7 Å². The first kappa shape index (κ1) is 13.8. The van der Waals surface area contributed by atoms with Gasteiger partial charge in [-0.25, -0.2) is 0 Å². The molecule has 18 heavy (non-hydrogen) atoms. The molecule has 2 fully saturated rings. The van der Waals surface area contributed by atoms with Crippen LogP contribution >= 0.6 is 0 Å². The minimum atomic E-state index is -0.982. The number of likely N-dealkylation sites (tertiary alicyclic amines) is 1. The molecule has 3 N–H and O–H groups in total. The van der Waals surface area contributed by atoms with E-state index in [0.717, 1.165) is 31.8 Å². The Kier molecular flexibility index (Phi) is 4.28. The Labute approximate surface area is 110 Å². The summed E-state index contributed by atoms with van der Waals surface area (Å²) < 4.78 is 0. The van der Waals surface area contributed by atoms with Crippen molar-refractivity contribution in [2.45, 2.75) is 63.5 Å². The van der Waals surface area contributed by atoms with Crippen LogP contribution in [0.15, 0.2) is 0 Å². The molecule has 0 aromatic heterocycles. The van der Waals surface area contributed by atoms with Gasteiger partial charge in [0.1, 0.15) is 5.54 Å². The first-order valence-electron chi connectivity index (χ1n) is 7.31. The maximum Gasteiger partial charge on any atom is 0.323 e. The van der Waals surface area contributed by atoms with E-state index in [4.69, 9.17) is 5.73 Å². The summed E-state index contributed by atoms with van der Waals surface area (Å²) in [5.41, 5.74) is 5.04. The second kappa shape index (κ2) is 5.57. The van der Waals surface area contributed by atoms with Crippen LogP contribution in [0.5, 0.6) is 0 Å². The molecule has 1 saturated carbocycles. The van der Waals surface area contributed by atoms with Gasteiger partial charge in [-0.2, -0.15) is 0 Å². The Morgan fingerprint density at radius 1 is 1.39 bits per heavy atom. The van der Waals surface area contributed by atoms with Gasteiger partial charge in [-0.1, -0.05) is 13.3 Å². The van der Waals surface area contributed by atoms with Crippen LogP contribution in [0.3, 0.4) is 0 Å². The van der Waals surface area contributed by atoms with Crippen molar-refractivity contribution >= 4 is 5.97 Å². The van der Waals surface area contributed by atoms with Gasteiger partial charge in [0, 0.05) is 6.04 Å². The number of nitrogens with two attached hydrogens (primary N) is 1. The van der Waals surface area contributed by atoms with E-state index in [9.17, 15) is 9.90 Å². The van der Waals surface area contributed by atoms with Gasteiger partial charge in [0.15, 0.2) is 0 Å². The van der Waals surface area contributed by atoms with E-state index in [2.05, 4.69) is 11.8 Å². The molecule has 4 heteroatoms. The van der Waals surface area contributed by atoms with E-state index in [-0.39, 0.29) is 0 Å². The van der Waals surface area contributed by atoms with Crippen molar-refractivity contribution in [2.24, 2.45) is 11.7 Å². The summed E-state index contributed by atoms with van der Waals surface area (Å²) in [7, 11) is 0. The second-order valence-electron chi connectivity index (χ2n) is 6.10. The number of carboxylic acids is 1. The van der Waals surface area contributed by atoms with Crippen LogP contribution in [0.2, 0.25) is 0 Å². The Balaban J connectivity index is 1.92. The van der Waals surface area contributed by atoms with Gasteiger partial charge in [-0.05, 0) is 57.5 Å². The highest BCUT2D eigenvalue weighted by atomic mass is 16.4. The van der Waals surface area contributed by atoms with Gasteiger partial charge in [0.05, 0.1) is 0 Å². The maximum absolute atomic E-state index is 11.3. The summed E-state index contributed by atoms with van der Waals surface area (Å²) in [5, 5.41) is 9.25. The van der Waals surface area contributed by atoms with Crippen LogP contribution < -0.4 is 5.73 Å². The SMILES string of the molecule is CCC1CCN(C2CCCC(N)(C(=O)O)C2)CC1. The molecule has 0 bridgehead atoms. The predicted octanol–water partition coefficient (Wildman–Crippen LogP) is 1.83. The van der Waals surface area contributed by atoms with Crippen molar-refractivity contribution in [3.8, 4) is 0 Å². The number of nitrogens with zero attached hydrogens (tertiary/aromatic N) is 1. The van der Waals surface area contributed by atoms with E-state index in [1.807, 2.05) is 0 Å². The van der Waals surface area contributed by atoms with Crippen LogP contribution in [0, 0.1) is 5.92 Å². The van der Waals surface area contributed by atoms with Gasteiger partial charge in [-0.15, -0.1) is 0 Å². The fourth-order valence-electron chi connectivity index (χ4n) is 3.51. The van der Waals surface area contributed by atoms with Crippen LogP contribution in [0.1, 0.15) is 51.9 Å². The third kappa shape index (κ3) is 2.86. The van der Waals surface area contributed by atoms with Crippen LogP contribution in [-0.4, -0.2) is 40.6 Å². The molecule has 0 radical (unpaired) electrons. The third-order valence-corrected chi connectivity index (χ3v) is 4.93. The lowest BCUT2D eigenvalue weighted by atomic mass is 9.78. The number of rotatable bonds is 3. The van der Waals surface area contributed by atoms with Gasteiger partial charge in [0.25, 0.3) is 0 Å². The fraction of sp³-hybridized carbons (Fsp3) is 0.929. The summed E-state index contributed by atoms with van der Waals surface area (Å²) in [5.74, 6) is 0.0441. The number of hydrogen-bond donors (Lipinski definition) is 2. The molecule has 2 aliphatic rings. The Morgan fingerprint density at radius 3 is 2.61 bits per heavy atom. The minimum absolute atomic E-state index is 0.387. The molecule has 0 aromatic carbocycles. The molecule has 1 heterocycles. The van der Waals surface area contributed by atoms with E-state index in [0.29, 0.717) is 18.9 Å². The lowest BCUT2D eigenvalue weighted by molar-refractivity contribution is -0.145. The molecule has 2 atom stereocenters. The quantitative estimate of drug-likeness (QED) is 0.806. The minimum Gasteiger partial charge on any atom is -0.480 e. The zero-order chi connectivity index (χ0) is 13.2. The normalized spacial score (nSPS) is 35.6. The van der Waals surface area contributed by atoms with Gasteiger partial charge in [-0.3, -0.25) is 4.79 Å². The van der Waals surface area contributed by atoms with E-state index in [1.165, 1.54) is 19.3 Å². The Hall–Kier alpha value is -0.610. The molecule has 0 spiro atoms. The standard InChI is InChI=1S/C14H26N2O2/c1-2-11-5-8-16(9-6-11)12-4-3-7-14(15,10-12)13(17)18/h11-12H,2-10,15H2,1H3,(H,17,18). The molecule has 0 amide bonds. The van der Waals surface area contributed by atoms with Crippen LogP contribution in [0.25, 0.3) is 0 Å². The van der Waals surface area contributed by atoms with Crippen LogP contribution in [0.4, 0.5) is 0 Å². The Bertz CT molecular complexity index is 300. The Morgan fingerprint density at radius 2 is 2.06 bits per heavy atom. The number of piperidine rings is 1. The molecule has 2 rings (SSSR count). The lowest BCUT2D eigenvalue weighted by Crippen LogP contribution is -2.56. The first-order chi connectivity index (χ1) is 8.55. The third-order valence-electron chi connectivity index (χ3n) is 4.93. The molecule has 1 aliphatic heterocycles. The van der Waals surface area contributed by atoms with E-state index >= 15 is 0 Å². The number of carboxylic acid groups (broad SMARTS) is 1. The summed E-state index contributed by atoms with van der Waals surface area (Å²) in [4.78, 5) is 13.7. The average Bonchev–Trinajstić information content (AvgIpc) is 2.39. The predicted molar refractivity (Wildman–Crippen MR) is 71.4 cm³/mol. The lowest BCUT2D eigenvalue weighted by Gasteiger charge is -2.43. The summed E-state index contributed by atoms with van der Waals surface area (Å²) in [6, 6.07) is 0.387. The first-order valence-corrected chi connectivity index (χ1v) is 7.31. The van der Waals surface area contributed by atoms with Crippen molar-refractivity contribution < 1.29 is 9.90 Å². The zero-order valence-corrected chi connectivity index (χ0v) is 11.4. The zero-order valence-electron chi connectivity index (χ0n) is 11.4. The topological polar surface area (TPSA) is 66.6 Å².